The maximum atomic E-state index is 12.7. The molecule has 11 heteroatoms. The summed E-state index contributed by atoms with van der Waals surface area (Å²) < 4.78 is 0. The van der Waals surface area contributed by atoms with Crippen molar-refractivity contribution in [2.75, 3.05) is 6.54 Å². The summed E-state index contributed by atoms with van der Waals surface area (Å²) in [4.78, 5) is 50.0. The lowest BCUT2D eigenvalue weighted by Crippen LogP contribution is -2.48. The van der Waals surface area contributed by atoms with Crippen LogP contribution in [-0.4, -0.2) is 46.5 Å². The molecule has 0 saturated heterocycles. The number of carboxylic acids is 1. The third-order valence-corrected chi connectivity index (χ3v) is 6.98. The van der Waals surface area contributed by atoms with Gasteiger partial charge in [-0.05, 0) is 54.6 Å². The number of amides is 3. The zero-order valence-corrected chi connectivity index (χ0v) is 20.0. The van der Waals surface area contributed by atoms with E-state index in [-0.39, 0.29) is 28.1 Å². The number of hydrogen-bond acceptors (Lipinski definition) is 7. The molecule has 178 valence electrons. The van der Waals surface area contributed by atoms with Gasteiger partial charge in [-0.25, -0.2) is 4.79 Å². The second-order valence-electron chi connectivity index (χ2n) is 7.46. The Morgan fingerprint density at radius 3 is 2.38 bits per heavy atom. The summed E-state index contributed by atoms with van der Waals surface area (Å²) in [7, 11) is 0. The molecule has 2 aromatic heterocycles. The summed E-state index contributed by atoms with van der Waals surface area (Å²) in [6.07, 6.45) is 0. The molecule has 0 bridgehead atoms. The average Bonchev–Trinajstić information content (AvgIpc) is 3.46. The van der Waals surface area contributed by atoms with E-state index in [9.17, 15) is 29.4 Å². The van der Waals surface area contributed by atoms with Gasteiger partial charge in [-0.3, -0.25) is 14.4 Å². The predicted molar refractivity (Wildman–Crippen MR) is 129 cm³/mol. The van der Waals surface area contributed by atoms with Crippen molar-refractivity contribution < 1.29 is 29.4 Å². The van der Waals surface area contributed by atoms with Gasteiger partial charge >= 0.3 is 5.97 Å². The molecule has 5 N–H and O–H groups in total. The summed E-state index contributed by atoms with van der Waals surface area (Å²) in [5, 5.41) is 28.5. The number of aryl methyl sites for hydroxylation is 1. The molecule has 0 fully saturated rings. The highest BCUT2D eigenvalue weighted by atomic mass is 32.1. The fourth-order valence-electron chi connectivity index (χ4n) is 3.08. The molecule has 34 heavy (non-hydrogen) atoms. The number of carboxylic acid groups (broad SMARTS) is 1. The summed E-state index contributed by atoms with van der Waals surface area (Å²) in [5.74, 6) is -2.69. The van der Waals surface area contributed by atoms with E-state index in [1.54, 1.807) is 55.6 Å². The van der Waals surface area contributed by atoms with Crippen molar-refractivity contribution in [3.05, 3.63) is 73.6 Å². The number of carbonyl (C=O) groups is 4. The van der Waals surface area contributed by atoms with Crippen LogP contribution in [0.15, 0.2) is 47.8 Å². The van der Waals surface area contributed by atoms with Crippen LogP contribution in [0.25, 0.3) is 0 Å². The second-order valence-corrected chi connectivity index (χ2v) is 9.46. The minimum absolute atomic E-state index is 0.0871. The van der Waals surface area contributed by atoms with Crippen molar-refractivity contribution in [2.45, 2.75) is 25.9 Å². The number of phenolic OH excluding ortho intramolecular Hbond substituents is 1. The van der Waals surface area contributed by atoms with E-state index in [0.29, 0.717) is 16.0 Å². The van der Waals surface area contributed by atoms with Crippen LogP contribution in [0.2, 0.25) is 0 Å². The highest BCUT2D eigenvalue weighted by Crippen LogP contribution is 2.24. The van der Waals surface area contributed by atoms with Crippen molar-refractivity contribution in [3.8, 4) is 5.75 Å². The Hall–Kier alpha value is -3.70. The van der Waals surface area contributed by atoms with Crippen LogP contribution in [0.5, 0.6) is 5.75 Å². The van der Waals surface area contributed by atoms with E-state index >= 15 is 0 Å². The third kappa shape index (κ3) is 6.21. The molecule has 0 radical (unpaired) electrons. The van der Waals surface area contributed by atoms with Gasteiger partial charge < -0.3 is 26.2 Å². The van der Waals surface area contributed by atoms with Gasteiger partial charge in [-0.2, -0.15) is 0 Å². The molecule has 2 heterocycles. The molecular formula is C23H23N3O6S2. The Kier molecular flexibility index (Phi) is 8.03. The SMILES string of the molecule is Cc1cc(C(=O)NC(C)c2cccc(O)c2)sc1C(=O)N[C@@H](CNC(=O)c1cccs1)C(=O)O. The standard InChI is InChI=1S/C23H23N3O6S2/c1-12-9-18(21(29)25-13(2)14-5-3-6-15(27)10-14)34-19(12)22(30)26-16(23(31)32)11-24-20(28)17-7-4-8-33-17/h3-10,13,16,27H,11H2,1-2H3,(H,24,28)(H,25,29)(H,26,30)(H,31,32)/t13?,16-/m0/s1. The van der Waals surface area contributed by atoms with E-state index < -0.39 is 29.7 Å². The van der Waals surface area contributed by atoms with Gasteiger partial charge in [0.25, 0.3) is 17.7 Å². The van der Waals surface area contributed by atoms with Gasteiger partial charge in [0.2, 0.25) is 0 Å². The summed E-state index contributed by atoms with van der Waals surface area (Å²) in [5.41, 5.74) is 1.23. The Bertz CT molecular complexity index is 1210. The Morgan fingerprint density at radius 2 is 1.74 bits per heavy atom. The molecule has 3 aromatic rings. The average molecular weight is 502 g/mol. The van der Waals surface area contributed by atoms with Crippen molar-refractivity contribution in [1.29, 1.82) is 0 Å². The molecule has 0 spiro atoms. The third-order valence-electron chi connectivity index (χ3n) is 4.88. The Labute approximate surface area is 203 Å². The second kappa shape index (κ2) is 10.9. The molecule has 0 aliphatic carbocycles. The van der Waals surface area contributed by atoms with E-state index in [1.807, 2.05) is 0 Å². The molecule has 1 unspecified atom stereocenters. The first-order valence-corrected chi connectivity index (χ1v) is 11.9. The van der Waals surface area contributed by atoms with Crippen LogP contribution in [0.1, 0.15) is 53.1 Å². The molecule has 0 aliphatic heterocycles. The monoisotopic (exact) mass is 501 g/mol. The fourth-order valence-corrected chi connectivity index (χ4v) is 4.70. The zero-order valence-electron chi connectivity index (χ0n) is 18.3. The highest BCUT2D eigenvalue weighted by molar-refractivity contribution is 7.16. The van der Waals surface area contributed by atoms with Crippen LogP contribution in [0.3, 0.4) is 0 Å². The zero-order chi connectivity index (χ0) is 24.8. The molecule has 1 aromatic carbocycles. The van der Waals surface area contributed by atoms with Crippen molar-refractivity contribution >= 4 is 46.4 Å². The van der Waals surface area contributed by atoms with E-state index in [0.717, 1.165) is 11.3 Å². The molecule has 2 atom stereocenters. The highest BCUT2D eigenvalue weighted by Gasteiger charge is 2.25. The number of thiophene rings is 2. The number of phenols is 1. The fraction of sp³-hybridized carbons (Fsp3) is 0.217. The number of rotatable bonds is 9. The number of carbonyl (C=O) groups excluding carboxylic acids is 3. The van der Waals surface area contributed by atoms with E-state index in [2.05, 4.69) is 16.0 Å². The topological polar surface area (TPSA) is 145 Å². The lowest BCUT2D eigenvalue weighted by atomic mass is 10.1. The molecule has 3 amide bonds. The molecule has 0 aliphatic rings. The quantitative estimate of drug-likeness (QED) is 0.305. The van der Waals surface area contributed by atoms with Gasteiger partial charge in [0.05, 0.1) is 20.7 Å². The number of aliphatic carboxylic acids is 1. The lowest BCUT2D eigenvalue weighted by molar-refractivity contribution is -0.139. The first-order chi connectivity index (χ1) is 16.2. The van der Waals surface area contributed by atoms with Gasteiger partial charge in [0.1, 0.15) is 11.8 Å². The minimum Gasteiger partial charge on any atom is -0.508 e. The van der Waals surface area contributed by atoms with Gasteiger partial charge in [-0.15, -0.1) is 22.7 Å². The Morgan fingerprint density at radius 1 is 0.971 bits per heavy atom. The predicted octanol–water partition coefficient (Wildman–Crippen LogP) is 2.93. The smallest absolute Gasteiger partial charge is 0.328 e. The van der Waals surface area contributed by atoms with Crippen LogP contribution in [0, 0.1) is 6.92 Å². The maximum Gasteiger partial charge on any atom is 0.328 e. The summed E-state index contributed by atoms with van der Waals surface area (Å²) in [6, 6.07) is 9.66. The van der Waals surface area contributed by atoms with Crippen LogP contribution in [-0.2, 0) is 4.79 Å². The number of hydrogen-bond donors (Lipinski definition) is 5. The lowest BCUT2D eigenvalue weighted by Gasteiger charge is -2.15. The van der Waals surface area contributed by atoms with Crippen LogP contribution < -0.4 is 16.0 Å². The van der Waals surface area contributed by atoms with Gasteiger partial charge in [0.15, 0.2) is 0 Å². The Balaban J connectivity index is 1.64. The molecule has 0 saturated carbocycles. The number of aromatic hydroxyl groups is 1. The largest absolute Gasteiger partial charge is 0.508 e. The molecule has 3 rings (SSSR count). The normalized spacial score (nSPS) is 12.4. The first kappa shape index (κ1) is 24.9. The van der Waals surface area contributed by atoms with Gasteiger partial charge in [0, 0.05) is 6.54 Å². The van der Waals surface area contributed by atoms with Crippen LogP contribution >= 0.6 is 22.7 Å². The minimum atomic E-state index is -1.35. The van der Waals surface area contributed by atoms with Crippen LogP contribution in [0.4, 0.5) is 0 Å². The number of benzene rings is 1. The van der Waals surface area contributed by atoms with Crippen molar-refractivity contribution in [3.63, 3.8) is 0 Å². The first-order valence-electron chi connectivity index (χ1n) is 10.2. The molecule has 9 nitrogen and oxygen atoms in total. The maximum absolute atomic E-state index is 12.7. The van der Waals surface area contributed by atoms with E-state index in [1.165, 1.54) is 17.4 Å². The van der Waals surface area contributed by atoms with E-state index in [4.69, 9.17) is 0 Å². The van der Waals surface area contributed by atoms with Crippen molar-refractivity contribution in [2.24, 2.45) is 0 Å². The van der Waals surface area contributed by atoms with Gasteiger partial charge in [-0.1, -0.05) is 18.2 Å². The number of nitrogens with one attached hydrogen (secondary N) is 3. The summed E-state index contributed by atoms with van der Waals surface area (Å²) >= 11 is 2.16. The van der Waals surface area contributed by atoms with Crippen molar-refractivity contribution in [1.82, 2.24) is 16.0 Å². The summed E-state index contributed by atoms with van der Waals surface area (Å²) in [6.45, 7) is 3.12. The molecular weight excluding hydrogens is 478 g/mol.